The van der Waals surface area contributed by atoms with Gasteiger partial charge < -0.3 is 35.8 Å². The number of fused-ring (bicyclic) bond motifs is 1. The smallest absolute Gasteiger partial charge is 0.416 e. The van der Waals surface area contributed by atoms with Gasteiger partial charge in [0.05, 0.1) is 16.8 Å². The van der Waals surface area contributed by atoms with Crippen LogP contribution in [0.2, 0.25) is 0 Å². The maximum Gasteiger partial charge on any atom is 0.416 e. The molecule has 6 rings (SSSR count). The molecule has 0 unspecified atom stereocenters. The number of alkyl halides is 3. The van der Waals surface area contributed by atoms with Crippen molar-refractivity contribution in [3.05, 3.63) is 101 Å². The van der Waals surface area contributed by atoms with Gasteiger partial charge in [-0.3, -0.25) is 9.59 Å². The number of nitrogens with zero attached hydrogens (tertiary/aromatic N) is 2. The quantitative estimate of drug-likeness (QED) is 0.159. The number of rotatable bonds is 7. The standard InChI is InChI=1S/C33H29F3N6O4/c1-41-9-11-42(12-10-41)25-14-19(13-20(15-25)33(34,35)36)30(43)39-22-4-2-3-21(16-22)37-24-5-7-26-27(31(44)40-29(26)18-24)17-23-6-8-28(38-23)32(45)46/h2-8,13-18,37-38H,9-12H2,1H3,(H,39,43)(H,40,44)(H,45,46)/b27-17-. The maximum absolute atomic E-state index is 13.8. The van der Waals surface area contributed by atoms with Gasteiger partial charge in [-0.25, -0.2) is 4.79 Å². The summed E-state index contributed by atoms with van der Waals surface area (Å²) in [4.78, 5) is 43.7. The predicted molar refractivity (Wildman–Crippen MR) is 170 cm³/mol. The minimum absolute atomic E-state index is 0.00804. The lowest BCUT2D eigenvalue weighted by Crippen LogP contribution is -2.44. The second-order valence-electron chi connectivity index (χ2n) is 11.1. The normalized spacial score (nSPS) is 15.9. The Labute approximate surface area is 261 Å². The van der Waals surface area contributed by atoms with Gasteiger partial charge in [-0.2, -0.15) is 13.2 Å². The second-order valence-corrected chi connectivity index (χ2v) is 11.1. The summed E-state index contributed by atoms with van der Waals surface area (Å²) in [6.07, 6.45) is -3.04. The van der Waals surface area contributed by atoms with Crippen molar-refractivity contribution < 1.29 is 32.7 Å². The van der Waals surface area contributed by atoms with Gasteiger partial charge in [-0.15, -0.1) is 0 Å². The number of benzene rings is 3. The first kappa shape index (κ1) is 30.5. The molecule has 46 heavy (non-hydrogen) atoms. The fourth-order valence-corrected chi connectivity index (χ4v) is 5.39. The van der Waals surface area contributed by atoms with Crippen LogP contribution in [-0.2, 0) is 11.0 Å². The van der Waals surface area contributed by atoms with Crippen molar-refractivity contribution in [2.75, 3.05) is 54.1 Å². The fraction of sp³-hybridized carbons (Fsp3) is 0.182. The maximum atomic E-state index is 13.8. The van der Waals surface area contributed by atoms with E-state index in [0.29, 0.717) is 71.4 Å². The number of piperazine rings is 1. The van der Waals surface area contributed by atoms with Crippen LogP contribution in [0.15, 0.2) is 72.8 Å². The molecule has 4 aromatic rings. The van der Waals surface area contributed by atoms with Crippen molar-refractivity contribution in [3.8, 4) is 0 Å². The van der Waals surface area contributed by atoms with E-state index in [2.05, 4.69) is 25.8 Å². The molecule has 236 valence electrons. The molecule has 0 radical (unpaired) electrons. The van der Waals surface area contributed by atoms with Crippen LogP contribution >= 0.6 is 0 Å². The minimum Gasteiger partial charge on any atom is -0.477 e. The Balaban J connectivity index is 1.18. The van der Waals surface area contributed by atoms with Crippen molar-refractivity contribution in [2.24, 2.45) is 0 Å². The molecule has 2 amide bonds. The molecule has 0 saturated carbocycles. The molecular weight excluding hydrogens is 601 g/mol. The van der Waals surface area contributed by atoms with Gasteiger partial charge in [0.15, 0.2) is 0 Å². The first-order valence-electron chi connectivity index (χ1n) is 14.4. The Bertz CT molecular complexity index is 1880. The number of amides is 2. The predicted octanol–water partition coefficient (Wildman–Crippen LogP) is 5.97. The molecule has 2 aliphatic heterocycles. The van der Waals surface area contributed by atoms with Crippen LogP contribution in [0.3, 0.4) is 0 Å². The third-order valence-corrected chi connectivity index (χ3v) is 7.83. The molecule has 2 aliphatic rings. The molecule has 1 saturated heterocycles. The number of carboxylic acids is 1. The molecule has 0 bridgehead atoms. The highest BCUT2D eigenvalue weighted by Gasteiger charge is 2.33. The Hall–Kier alpha value is -5.56. The van der Waals surface area contributed by atoms with E-state index in [0.717, 1.165) is 12.1 Å². The molecule has 0 aliphatic carbocycles. The van der Waals surface area contributed by atoms with Gasteiger partial charge in [-0.1, -0.05) is 12.1 Å². The summed E-state index contributed by atoms with van der Waals surface area (Å²) < 4.78 is 41.3. The number of likely N-dealkylation sites (N-methyl/N-ethyl adjacent to an activating group) is 1. The second kappa shape index (κ2) is 12.1. The summed E-state index contributed by atoms with van der Waals surface area (Å²) in [6.45, 7) is 2.51. The Kier molecular flexibility index (Phi) is 8.00. The molecule has 1 aromatic heterocycles. The average Bonchev–Trinajstić information content (AvgIpc) is 3.61. The van der Waals surface area contributed by atoms with Crippen LogP contribution < -0.4 is 20.9 Å². The van der Waals surface area contributed by atoms with Crippen molar-refractivity contribution in [3.63, 3.8) is 0 Å². The number of H-pyrrole nitrogens is 1. The Morgan fingerprint density at radius 2 is 1.65 bits per heavy atom. The fourth-order valence-electron chi connectivity index (χ4n) is 5.39. The van der Waals surface area contributed by atoms with Gasteiger partial charge in [0.2, 0.25) is 0 Å². The zero-order valence-electron chi connectivity index (χ0n) is 24.5. The highest BCUT2D eigenvalue weighted by molar-refractivity contribution is 6.35. The lowest BCUT2D eigenvalue weighted by atomic mass is 10.1. The zero-order chi connectivity index (χ0) is 32.6. The van der Waals surface area contributed by atoms with Gasteiger partial charge in [-0.05, 0) is 73.8 Å². The number of aromatic amines is 1. The molecule has 10 nitrogen and oxygen atoms in total. The van der Waals surface area contributed by atoms with E-state index in [4.69, 9.17) is 5.11 Å². The summed E-state index contributed by atoms with van der Waals surface area (Å²) >= 11 is 0. The molecule has 3 aromatic carbocycles. The van der Waals surface area contributed by atoms with Gasteiger partial charge in [0, 0.05) is 65.7 Å². The van der Waals surface area contributed by atoms with E-state index in [1.807, 2.05) is 11.9 Å². The number of hydrogen-bond donors (Lipinski definition) is 5. The van der Waals surface area contributed by atoms with Crippen molar-refractivity contribution in [2.45, 2.75) is 6.18 Å². The van der Waals surface area contributed by atoms with Crippen LogP contribution in [0.25, 0.3) is 11.6 Å². The topological polar surface area (TPSA) is 130 Å². The lowest BCUT2D eigenvalue weighted by molar-refractivity contribution is -0.137. The largest absolute Gasteiger partial charge is 0.477 e. The number of anilines is 5. The number of hydrogen-bond acceptors (Lipinski definition) is 6. The minimum atomic E-state index is -4.61. The molecule has 1 fully saturated rings. The average molecular weight is 631 g/mol. The summed E-state index contributed by atoms with van der Waals surface area (Å²) in [5, 5.41) is 17.9. The molecule has 13 heteroatoms. The van der Waals surface area contributed by atoms with E-state index in [1.54, 1.807) is 54.6 Å². The van der Waals surface area contributed by atoms with Gasteiger partial charge >= 0.3 is 12.1 Å². The van der Waals surface area contributed by atoms with Crippen molar-refractivity contribution in [1.29, 1.82) is 0 Å². The first-order chi connectivity index (χ1) is 21.9. The Morgan fingerprint density at radius 1 is 0.913 bits per heavy atom. The third-order valence-electron chi connectivity index (χ3n) is 7.83. The number of carbonyl (C=O) groups is 3. The van der Waals surface area contributed by atoms with E-state index in [9.17, 15) is 27.6 Å². The highest BCUT2D eigenvalue weighted by atomic mass is 19.4. The lowest BCUT2D eigenvalue weighted by Gasteiger charge is -2.34. The number of carboxylic acid groups (broad SMARTS) is 1. The number of aromatic carboxylic acids is 1. The van der Waals surface area contributed by atoms with E-state index < -0.39 is 23.6 Å². The van der Waals surface area contributed by atoms with Crippen molar-refractivity contribution in [1.82, 2.24) is 9.88 Å². The molecule has 0 atom stereocenters. The SMILES string of the molecule is CN1CCN(c2cc(C(=O)Nc3cccc(Nc4ccc5c(c4)NC(=O)/C5=C\c4ccc(C(=O)O)[nH]4)c3)cc(C(F)(F)F)c2)CC1. The summed E-state index contributed by atoms with van der Waals surface area (Å²) in [7, 11) is 1.95. The van der Waals surface area contributed by atoms with Crippen LogP contribution in [0.4, 0.5) is 41.6 Å². The van der Waals surface area contributed by atoms with Gasteiger partial charge in [0.25, 0.3) is 11.8 Å². The zero-order valence-corrected chi connectivity index (χ0v) is 24.5. The molecule has 3 heterocycles. The van der Waals surface area contributed by atoms with E-state index in [1.165, 1.54) is 12.1 Å². The number of aromatic nitrogens is 1. The first-order valence-corrected chi connectivity index (χ1v) is 14.4. The van der Waals surface area contributed by atoms with Gasteiger partial charge in [0.1, 0.15) is 5.69 Å². The van der Waals surface area contributed by atoms with E-state index in [-0.39, 0.29) is 17.2 Å². The Morgan fingerprint density at radius 3 is 2.37 bits per heavy atom. The highest BCUT2D eigenvalue weighted by Crippen LogP contribution is 2.36. The molecule has 0 spiro atoms. The van der Waals surface area contributed by atoms with Crippen molar-refractivity contribution >= 4 is 57.9 Å². The van der Waals surface area contributed by atoms with Crippen LogP contribution in [0.1, 0.15) is 37.7 Å². The van der Waals surface area contributed by atoms with Crippen LogP contribution in [0.5, 0.6) is 0 Å². The monoisotopic (exact) mass is 630 g/mol. The summed E-state index contributed by atoms with van der Waals surface area (Å²) in [5.41, 5.74) is 3.00. The third kappa shape index (κ3) is 6.59. The molecular formula is C33H29F3N6O4. The summed E-state index contributed by atoms with van der Waals surface area (Å²) in [5.74, 6) is -2.12. The number of halogens is 3. The number of carbonyl (C=O) groups excluding carboxylic acids is 2. The molecule has 5 N–H and O–H groups in total. The summed E-state index contributed by atoms with van der Waals surface area (Å²) in [6, 6.07) is 18.4. The van der Waals surface area contributed by atoms with Crippen LogP contribution in [0, 0.1) is 0 Å². The van der Waals surface area contributed by atoms with Crippen LogP contribution in [-0.4, -0.2) is 66.0 Å². The number of nitrogens with one attached hydrogen (secondary N) is 4. The van der Waals surface area contributed by atoms with E-state index >= 15 is 0 Å².